The molecule has 0 unspecified atom stereocenters. The molecule has 0 saturated heterocycles. The van der Waals surface area contributed by atoms with Gasteiger partial charge in [-0.05, 0) is 36.8 Å². The van der Waals surface area contributed by atoms with E-state index in [2.05, 4.69) is 20.6 Å². The Labute approximate surface area is 193 Å². The molecule has 170 valence electrons. The highest BCUT2D eigenvalue weighted by molar-refractivity contribution is 5.98. The van der Waals surface area contributed by atoms with Gasteiger partial charge >= 0.3 is 0 Å². The number of non-ortho nitro benzene ring substituents is 1. The zero-order valence-electron chi connectivity index (χ0n) is 18.1. The molecule has 0 aliphatic rings. The molecular weight excluding hydrogens is 436 g/mol. The molecule has 0 saturated carbocycles. The largest absolute Gasteiger partial charge is 0.348 e. The van der Waals surface area contributed by atoms with Gasteiger partial charge < -0.3 is 5.32 Å². The van der Waals surface area contributed by atoms with E-state index in [1.54, 1.807) is 31.2 Å². The lowest BCUT2D eigenvalue weighted by Crippen LogP contribution is -2.22. The van der Waals surface area contributed by atoms with Crippen LogP contribution in [0.2, 0.25) is 0 Å². The first kappa shape index (κ1) is 22.3. The minimum atomic E-state index is -0.514. The summed E-state index contributed by atoms with van der Waals surface area (Å²) in [6.07, 6.45) is 0. The number of H-pyrrole nitrogens is 1. The lowest BCUT2D eigenvalue weighted by Gasteiger charge is -2.07. The zero-order valence-corrected chi connectivity index (χ0v) is 18.1. The maximum absolute atomic E-state index is 12.9. The molecule has 10 heteroatoms. The van der Waals surface area contributed by atoms with Crippen LogP contribution in [-0.2, 0) is 6.54 Å². The second kappa shape index (κ2) is 9.74. The average molecular weight is 456 g/mol. The van der Waals surface area contributed by atoms with Crippen molar-refractivity contribution < 1.29 is 9.72 Å². The molecule has 0 aliphatic heterocycles. The Hall–Kier alpha value is -4.86. The van der Waals surface area contributed by atoms with Gasteiger partial charge in [-0.25, -0.2) is 4.68 Å². The number of carbonyl (C=O) groups excluding carboxylic acids is 1. The average Bonchev–Trinajstić information content (AvgIpc) is 3.15. The smallest absolute Gasteiger partial charge is 0.299 e. The Morgan fingerprint density at radius 2 is 1.68 bits per heavy atom. The number of nitrogens with zero attached hydrogens (tertiary/aromatic N) is 4. The van der Waals surface area contributed by atoms with E-state index in [-0.39, 0.29) is 17.3 Å². The Bertz CT molecular complexity index is 1420. The van der Waals surface area contributed by atoms with Crippen LogP contribution in [0.25, 0.3) is 5.69 Å². The van der Waals surface area contributed by atoms with Gasteiger partial charge in [-0.2, -0.15) is 0 Å². The lowest BCUT2D eigenvalue weighted by atomic mass is 10.1. The minimum Gasteiger partial charge on any atom is -0.348 e. The van der Waals surface area contributed by atoms with Crippen LogP contribution < -0.4 is 10.9 Å². The number of nitrogens with one attached hydrogen (secondary N) is 2. The van der Waals surface area contributed by atoms with Crippen LogP contribution in [0.3, 0.4) is 0 Å². The number of aromatic amines is 1. The first-order chi connectivity index (χ1) is 16.4. The van der Waals surface area contributed by atoms with Crippen molar-refractivity contribution in [2.75, 3.05) is 0 Å². The third kappa shape index (κ3) is 4.80. The van der Waals surface area contributed by atoms with Gasteiger partial charge in [-0.15, -0.1) is 10.2 Å². The maximum atomic E-state index is 12.9. The standard InChI is InChI=1S/C24H20N6O4/c1-16-22(24(32)29(28-16)18-11-13-19(14-12-18)30(33)34)27-26-21-10-6-5-9-20(21)23(31)25-15-17-7-3-2-4-8-17/h2-14,28H,15H2,1H3,(H,25,31). The lowest BCUT2D eigenvalue weighted by molar-refractivity contribution is -0.384. The molecule has 0 atom stereocenters. The Kier molecular flexibility index (Phi) is 6.40. The van der Waals surface area contributed by atoms with Crippen molar-refractivity contribution in [1.82, 2.24) is 15.1 Å². The summed E-state index contributed by atoms with van der Waals surface area (Å²) in [5, 5.41) is 24.9. The van der Waals surface area contributed by atoms with Crippen molar-refractivity contribution in [3.8, 4) is 5.69 Å². The summed E-state index contributed by atoms with van der Waals surface area (Å²) in [4.78, 5) is 35.9. The van der Waals surface area contributed by atoms with Crippen molar-refractivity contribution in [2.24, 2.45) is 10.2 Å². The molecule has 1 heterocycles. The molecule has 1 amide bonds. The number of nitro benzene ring substituents is 1. The molecule has 4 rings (SSSR count). The van der Waals surface area contributed by atoms with E-state index in [0.29, 0.717) is 29.2 Å². The number of azo groups is 1. The summed E-state index contributed by atoms with van der Waals surface area (Å²) in [6.45, 7) is 2.03. The normalized spacial score (nSPS) is 11.0. The van der Waals surface area contributed by atoms with Crippen molar-refractivity contribution in [3.63, 3.8) is 0 Å². The number of amides is 1. The van der Waals surface area contributed by atoms with Crippen LogP contribution in [0.15, 0.2) is 93.9 Å². The van der Waals surface area contributed by atoms with E-state index < -0.39 is 10.5 Å². The van der Waals surface area contributed by atoms with Crippen LogP contribution in [0, 0.1) is 17.0 Å². The van der Waals surface area contributed by atoms with Gasteiger partial charge in [0.1, 0.15) is 0 Å². The fourth-order valence-corrected chi connectivity index (χ4v) is 3.29. The summed E-state index contributed by atoms with van der Waals surface area (Å²) < 4.78 is 1.23. The number of nitro groups is 1. The first-order valence-corrected chi connectivity index (χ1v) is 10.3. The number of rotatable bonds is 7. The third-order valence-corrected chi connectivity index (χ3v) is 5.06. The molecule has 0 spiro atoms. The van der Waals surface area contributed by atoms with Crippen LogP contribution >= 0.6 is 0 Å². The summed E-state index contributed by atoms with van der Waals surface area (Å²) in [5.41, 5.74) is 1.99. The first-order valence-electron chi connectivity index (χ1n) is 10.3. The molecule has 34 heavy (non-hydrogen) atoms. The minimum absolute atomic E-state index is 0.0675. The van der Waals surface area contributed by atoms with Crippen molar-refractivity contribution in [1.29, 1.82) is 0 Å². The Morgan fingerprint density at radius 1 is 1.00 bits per heavy atom. The van der Waals surface area contributed by atoms with Crippen molar-refractivity contribution >= 4 is 23.0 Å². The predicted octanol–water partition coefficient (Wildman–Crippen LogP) is 4.73. The van der Waals surface area contributed by atoms with Crippen LogP contribution in [0.1, 0.15) is 21.6 Å². The van der Waals surface area contributed by atoms with Gasteiger partial charge in [0.2, 0.25) is 0 Å². The summed E-state index contributed by atoms with van der Waals surface area (Å²) >= 11 is 0. The van der Waals surface area contributed by atoms with Crippen LogP contribution in [0.4, 0.5) is 17.1 Å². The van der Waals surface area contributed by atoms with Crippen molar-refractivity contribution in [2.45, 2.75) is 13.5 Å². The van der Waals surface area contributed by atoms with Gasteiger partial charge in [-0.3, -0.25) is 24.8 Å². The van der Waals surface area contributed by atoms with E-state index in [0.717, 1.165) is 5.56 Å². The fraction of sp³-hybridized carbons (Fsp3) is 0.0833. The van der Waals surface area contributed by atoms with Gasteiger partial charge in [0.05, 0.1) is 27.6 Å². The molecular formula is C24H20N6O4. The third-order valence-electron chi connectivity index (χ3n) is 5.06. The van der Waals surface area contributed by atoms with E-state index in [1.165, 1.54) is 28.9 Å². The number of hydrogen-bond acceptors (Lipinski definition) is 6. The molecule has 0 bridgehead atoms. The SMILES string of the molecule is Cc1[nH]n(-c2ccc([N+](=O)[O-])cc2)c(=O)c1N=Nc1ccccc1C(=O)NCc1ccccc1. The van der Waals surface area contributed by atoms with Crippen LogP contribution in [-0.4, -0.2) is 20.6 Å². The second-order valence-electron chi connectivity index (χ2n) is 7.38. The van der Waals surface area contributed by atoms with Gasteiger partial charge in [0.15, 0.2) is 5.69 Å². The molecule has 0 aliphatic carbocycles. The molecule has 10 nitrogen and oxygen atoms in total. The monoisotopic (exact) mass is 456 g/mol. The molecule has 0 fully saturated rings. The molecule has 1 aromatic heterocycles. The topological polar surface area (TPSA) is 135 Å². The highest BCUT2D eigenvalue weighted by atomic mass is 16.6. The quantitative estimate of drug-likeness (QED) is 0.236. The maximum Gasteiger partial charge on any atom is 0.299 e. The number of benzene rings is 3. The summed E-state index contributed by atoms with van der Waals surface area (Å²) in [5.74, 6) is -0.313. The van der Waals surface area contributed by atoms with E-state index in [4.69, 9.17) is 0 Å². The molecule has 0 radical (unpaired) electrons. The predicted molar refractivity (Wildman–Crippen MR) is 126 cm³/mol. The second-order valence-corrected chi connectivity index (χ2v) is 7.38. The number of hydrogen-bond donors (Lipinski definition) is 2. The van der Waals surface area contributed by atoms with E-state index >= 15 is 0 Å². The van der Waals surface area contributed by atoms with Gasteiger partial charge in [0.25, 0.3) is 17.2 Å². The Balaban J connectivity index is 1.57. The number of aryl methyl sites for hydroxylation is 1. The van der Waals surface area contributed by atoms with Crippen molar-refractivity contribution in [3.05, 3.63) is 116 Å². The molecule has 3 aromatic carbocycles. The Morgan fingerprint density at radius 3 is 2.38 bits per heavy atom. The zero-order chi connectivity index (χ0) is 24.1. The fourth-order valence-electron chi connectivity index (χ4n) is 3.29. The molecule has 4 aromatic rings. The number of carbonyl (C=O) groups is 1. The van der Waals surface area contributed by atoms with Gasteiger partial charge in [0, 0.05) is 18.7 Å². The summed E-state index contributed by atoms with van der Waals surface area (Å²) in [7, 11) is 0. The highest BCUT2D eigenvalue weighted by Crippen LogP contribution is 2.23. The van der Waals surface area contributed by atoms with E-state index in [9.17, 15) is 19.7 Å². The van der Waals surface area contributed by atoms with E-state index in [1.807, 2.05) is 30.3 Å². The van der Waals surface area contributed by atoms with Gasteiger partial charge in [-0.1, -0.05) is 42.5 Å². The summed E-state index contributed by atoms with van der Waals surface area (Å²) in [6, 6.07) is 21.8. The molecule has 2 N–H and O–H groups in total. The highest BCUT2D eigenvalue weighted by Gasteiger charge is 2.15. The number of aromatic nitrogens is 2. The van der Waals surface area contributed by atoms with Crippen LogP contribution in [0.5, 0.6) is 0 Å².